The highest BCUT2D eigenvalue weighted by molar-refractivity contribution is 7.10. The first-order valence-electron chi connectivity index (χ1n) is 5.69. The van der Waals surface area contributed by atoms with Crippen LogP contribution in [0.4, 0.5) is 0 Å². The van der Waals surface area contributed by atoms with E-state index in [0.29, 0.717) is 0 Å². The lowest BCUT2D eigenvalue weighted by molar-refractivity contribution is 0.578. The van der Waals surface area contributed by atoms with Crippen LogP contribution in [0, 0.1) is 6.92 Å². The second-order valence-corrected chi connectivity index (χ2v) is 5.56. The van der Waals surface area contributed by atoms with E-state index in [2.05, 4.69) is 36.7 Å². The SMILES string of the molecule is Cc1ccsc1CN[C@@H](C)c1ccccc1Cl. The van der Waals surface area contributed by atoms with Gasteiger partial charge in [-0.15, -0.1) is 11.3 Å². The first-order chi connectivity index (χ1) is 8.18. The Kier molecular flexibility index (Phi) is 4.21. The van der Waals surface area contributed by atoms with Crippen molar-refractivity contribution >= 4 is 22.9 Å². The zero-order valence-corrected chi connectivity index (χ0v) is 11.6. The summed E-state index contributed by atoms with van der Waals surface area (Å²) in [5, 5.41) is 6.47. The minimum Gasteiger partial charge on any atom is -0.305 e. The van der Waals surface area contributed by atoms with Crippen molar-refractivity contribution in [2.24, 2.45) is 0 Å². The molecular formula is C14H16ClNS. The van der Waals surface area contributed by atoms with Crippen molar-refractivity contribution < 1.29 is 0 Å². The van der Waals surface area contributed by atoms with Crippen molar-refractivity contribution in [2.45, 2.75) is 26.4 Å². The van der Waals surface area contributed by atoms with Gasteiger partial charge in [0.25, 0.3) is 0 Å². The number of nitrogens with one attached hydrogen (secondary N) is 1. The van der Waals surface area contributed by atoms with Crippen LogP contribution < -0.4 is 5.32 Å². The van der Waals surface area contributed by atoms with Gasteiger partial charge in [-0.1, -0.05) is 29.8 Å². The van der Waals surface area contributed by atoms with Crippen LogP contribution in [0.25, 0.3) is 0 Å². The van der Waals surface area contributed by atoms with Crippen LogP contribution >= 0.6 is 22.9 Å². The van der Waals surface area contributed by atoms with E-state index < -0.39 is 0 Å². The molecule has 1 atom stereocenters. The molecule has 1 N–H and O–H groups in total. The summed E-state index contributed by atoms with van der Waals surface area (Å²) in [6.45, 7) is 5.19. The van der Waals surface area contributed by atoms with Gasteiger partial charge < -0.3 is 5.32 Å². The van der Waals surface area contributed by atoms with E-state index in [9.17, 15) is 0 Å². The molecule has 1 heterocycles. The first kappa shape index (κ1) is 12.6. The quantitative estimate of drug-likeness (QED) is 0.855. The molecule has 0 radical (unpaired) electrons. The lowest BCUT2D eigenvalue weighted by atomic mass is 10.1. The Balaban J connectivity index is 2.01. The average Bonchev–Trinajstić information content (AvgIpc) is 2.72. The maximum Gasteiger partial charge on any atom is 0.0453 e. The molecule has 0 bridgehead atoms. The van der Waals surface area contributed by atoms with Crippen LogP contribution in [0.15, 0.2) is 35.7 Å². The van der Waals surface area contributed by atoms with E-state index in [-0.39, 0.29) is 6.04 Å². The van der Waals surface area contributed by atoms with Crippen molar-refractivity contribution in [3.63, 3.8) is 0 Å². The van der Waals surface area contributed by atoms with E-state index in [1.54, 1.807) is 11.3 Å². The van der Waals surface area contributed by atoms with Crippen molar-refractivity contribution in [2.75, 3.05) is 0 Å². The monoisotopic (exact) mass is 265 g/mol. The third kappa shape index (κ3) is 3.09. The fourth-order valence-corrected chi connectivity index (χ4v) is 2.92. The van der Waals surface area contributed by atoms with Crippen LogP contribution in [-0.2, 0) is 6.54 Å². The highest BCUT2D eigenvalue weighted by Crippen LogP contribution is 2.23. The topological polar surface area (TPSA) is 12.0 Å². The number of thiophene rings is 1. The van der Waals surface area contributed by atoms with Crippen LogP contribution in [0.1, 0.15) is 29.0 Å². The van der Waals surface area contributed by atoms with E-state index >= 15 is 0 Å². The van der Waals surface area contributed by atoms with Gasteiger partial charge in [0, 0.05) is 22.5 Å². The fraction of sp³-hybridized carbons (Fsp3) is 0.286. The Morgan fingerprint density at radius 2 is 2.06 bits per heavy atom. The summed E-state index contributed by atoms with van der Waals surface area (Å²) in [4.78, 5) is 1.39. The molecule has 0 aliphatic heterocycles. The molecular weight excluding hydrogens is 250 g/mol. The summed E-state index contributed by atoms with van der Waals surface area (Å²) in [5.41, 5.74) is 2.51. The molecule has 0 spiro atoms. The van der Waals surface area contributed by atoms with Gasteiger partial charge in [0.05, 0.1) is 0 Å². The molecule has 2 rings (SSSR count). The summed E-state index contributed by atoms with van der Waals surface area (Å²) in [6.07, 6.45) is 0. The molecule has 0 saturated heterocycles. The molecule has 90 valence electrons. The zero-order valence-electron chi connectivity index (χ0n) is 10.0. The van der Waals surface area contributed by atoms with Gasteiger partial charge in [-0.2, -0.15) is 0 Å². The van der Waals surface area contributed by atoms with E-state index in [1.807, 2.05) is 18.2 Å². The van der Waals surface area contributed by atoms with Gasteiger partial charge in [-0.3, -0.25) is 0 Å². The van der Waals surface area contributed by atoms with Gasteiger partial charge in [-0.25, -0.2) is 0 Å². The predicted molar refractivity (Wildman–Crippen MR) is 75.8 cm³/mol. The molecule has 1 aromatic heterocycles. The number of hydrogen-bond donors (Lipinski definition) is 1. The molecule has 17 heavy (non-hydrogen) atoms. The smallest absolute Gasteiger partial charge is 0.0453 e. The van der Waals surface area contributed by atoms with Crippen molar-refractivity contribution in [1.29, 1.82) is 0 Å². The third-order valence-electron chi connectivity index (χ3n) is 2.91. The second-order valence-electron chi connectivity index (χ2n) is 4.15. The Hall–Kier alpha value is -0.830. The van der Waals surface area contributed by atoms with Crippen LogP contribution in [0.5, 0.6) is 0 Å². The number of hydrogen-bond acceptors (Lipinski definition) is 2. The number of benzene rings is 1. The fourth-order valence-electron chi connectivity index (χ4n) is 1.77. The molecule has 0 amide bonds. The second kappa shape index (κ2) is 5.67. The van der Waals surface area contributed by atoms with Crippen LogP contribution in [-0.4, -0.2) is 0 Å². The van der Waals surface area contributed by atoms with E-state index in [0.717, 1.165) is 17.1 Å². The van der Waals surface area contributed by atoms with Gasteiger partial charge in [0.1, 0.15) is 0 Å². The molecule has 0 saturated carbocycles. The predicted octanol–water partition coefficient (Wildman–Crippen LogP) is 4.56. The highest BCUT2D eigenvalue weighted by atomic mass is 35.5. The summed E-state index contributed by atoms with van der Waals surface area (Å²) < 4.78 is 0. The Morgan fingerprint density at radius 3 is 2.71 bits per heavy atom. The summed E-state index contributed by atoms with van der Waals surface area (Å²) in [6, 6.07) is 10.4. The van der Waals surface area contributed by atoms with Gasteiger partial charge in [0.2, 0.25) is 0 Å². The largest absolute Gasteiger partial charge is 0.305 e. The molecule has 2 aromatic rings. The Labute approximate surface area is 111 Å². The molecule has 1 nitrogen and oxygen atoms in total. The highest BCUT2D eigenvalue weighted by Gasteiger charge is 2.09. The Morgan fingerprint density at radius 1 is 1.29 bits per heavy atom. The van der Waals surface area contributed by atoms with Crippen LogP contribution in [0.3, 0.4) is 0 Å². The first-order valence-corrected chi connectivity index (χ1v) is 6.95. The van der Waals surface area contributed by atoms with Crippen LogP contribution in [0.2, 0.25) is 5.02 Å². The lowest BCUT2D eigenvalue weighted by Gasteiger charge is -2.15. The third-order valence-corrected chi connectivity index (χ3v) is 4.28. The normalized spacial score (nSPS) is 12.6. The molecule has 0 unspecified atom stereocenters. The molecule has 0 fully saturated rings. The maximum absolute atomic E-state index is 6.17. The van der Waals surface area contributed by atoms with E-state index in [1.165, 1.54) is 10.4 Å². The van der Waals surface area contributed by atoms with Crippen molar-refractivity contribution in [3.05, 3.63) is 56.7 Å². The molecule has 0 aliphatic rings. The van der Waals surface area contributed by atoms with Gasteiger partial charge >= 0.3 is 0 Å². The lowest BCUT2D eigenvalue weighted by Crippen LogP contribution is -2.18. The molecule has 3 heteroatoms. The molecule has 0 aliphatic carbocycles. The standard InChI is InChI=1S/C14H16ClNS/c1-10-7-8-17-14(10)9-16-11(2)12-5-3-4-6-13(12)15/h3-8,11,16H,9H2,1-2H3/t11-/m0/s1. The maximum atomic E-state index is 6.17. The van der Waals surface area contributed by atoms with Gasteiger partial charge in [0.15, 0.2) is 0 Å². The number of halogens is 1. The minimum absolute atomic E-state index is 0.269. The number of rotatable bonds is 4. The Bertz CT molecular complexity index is 492. The summed E-state index contributed by atoms with van der Waals surface area (Å²) in [7, 11) is 0. The zero-order chi connectivity index (χ0) is 12.3. The summed E-state index contributed by atoms with van der Waals surface area (Å²) >= 11 is 7.97. The van der Waals surface area contributed by atoms with Gasteiger partial charge in [-0.05, 0) is 42.5 Å². The number of aryl methyl sites for hydroxylation is 1. The summed E-state index contributed by atoms with van der Waals surface area (Å²) in [5.74, 6) is 0. The molecule has 1 aromatic carbocycles. The average molecular weight is 266 g/mol. The van der Waals surface area contributed by atoms with Crippen molar-refractivity contribution in [3.8, 4) is 0 Å². The van der Waals surface area contributed by atoms with E-state index in [4.69, 9.17) is 11.6 Å². The van der Waals surface area contributed by atoms with Crippen molar-refractivity contribution in [1.82, 2.24) is 5.32 Å². The minimum atomic E-state index is 0.269.